The van der Waals surface area contributed by atoms with Crippen LogP contribution in [0, 0.1) is 12.7 Å². The number of halogens is 4. The highest BCUT2D eigenvalue weighted by molar-refractivity contribution is 6.42. The van der Waals surface area contributed by atoms with E-state index >= 15 is 0 Å². The van der Waals surface area contributed by atoms with Crippen molar-refractivity contribution in [3.8, 4) is 11.5 Å². The average Bonchev–Trinajstić information content (AvgIpc) is 3.00. The first-order chi connectivity index (χ1) is 14.3. The van der Waals surface area contributed by atoms with Gasteiger partial charge in [0.25, 0.3) is 0 Å². The van der Waals surface area contributed by atoms with Gasteiger partial charge in [-0.2, -0.15) is 0 Å². The van der Waals surface area contributed by atoms with Gasteiger partial charge in [-0.3, -0.25) is 4.79 Å². The van der Waals surface area contributed by atoms with Crippen molar-refractivity contribution in [2.45, 2.75) is 13.5 Å². The van der Waals surface area contributed by atoms with Crippen molar-refractivity contribution in [2.24, 2.45) is 0 Å². The summed E-state index contributed by atoms with van der Waals surface area (Å²) >= 11 is 18.0. The van der Waals surface area contributed by atoms with E-state index in [9.17, 15) is 9.18 Å². The summed E-state index contributed by atoms with van der Waals surface area (Å²) in [6, 6.07) is 12.6. The number of carbonyl (C=O) groups excluding carboxylic acids is 1. The third-order valence-corrected chi connectivity index (χ3v) is 5.69. The van der Waals surface area contributed by atoms with E-state index in [-0.39, 0.29) is 23.2 Å². The van der Waals surface area contributed by atoms with Gasteiger partial charge in [-0.15, -0.1) is 0 Å². The highest BCUT2D eigenvalue weighted by atomic mass is 35.5. The van der Waals surface area contributed by atoms with Crippen molar-refractivity contribution in [3.63, 3.8) is 0 Å². The van der Waals surface area contributed by atoms with Gasteiger partial charge in [-0.1, -0.05) is 46.9 Å². The maximum atomic E-state index is 13.2. The molecule has 3 aromatic rings. The average molecular weight is 464 g/mol. The Morgan fingerprint density at radius 3 is 2.53 bits per heavy atom. The number of rotatable bonds is 4. The maximum Gasteiger partial charge on any atom is 0.232 e. The van der Waals surface area contributed by atoms with Crippen LogP contribution in [0.5, 0.6) is 11.5 Å². The number of benzene rings is 3. The normalized spacial score (nSPS) is 14.0. The lowest BCUT2D eigenvalue weighted by Crippen LogP contribution is -2.00. The second-order valence-corrected chi connectivity index (χ2v) is 7.97. The van der Waals surface area contributed by atoms with Crippen LogP contribution in [0.3, 0.4) is 0 Å². The Morgan fingerprint density at radius 2 is 1.80 bits per heavy atom. The first-order valence-electron chi connectivity index (χ1n) is 8.92. The summed E-state index contributed by atoms with van der Waals surface area (Å²) < 4.78 is 24.8. The van der Waals surface area contributed by atoms with E-state index in [0.29, 0.717) is 38.2 Å². The lowest BCUT2D eigenvalue weighted by molar-refractivity contribution is 0.101. The minimum Gasteiger partial charge on any atom is -0.489 e. The third kappa shape index (κ3) is 4.17. The highest BCUT2D eigenvalue weighted by Crippen LogP contribution is 2.38. The molecular formula is C23H14Cl3FO3. The fourth-order valence-electron chi connectivity index (χ4n) is 3.11. The van der Waals surface area contributed by atoms with E-state index in [1.165, 1.54) is 12.1 Å². The van der Waals surface area contributed by atoms with E-state index < -0.39 is 5.82 Å². The van der Waals surface area contributed by atoms with Crippen molar-refractivity contribution in [3.05, 3.63) is 97.4 Å². The summed E-state index contributed by atoms with van der Waals surface area (Å²) in [7, 11) is 0. The largest absolute Gasteiger partial charge is 0.489 e. The molecular weight excluding hydrogens is 450 g/mol. The van der Waals surface area contributed by atoms with Crippen molar-refractivity contribution in [2.75, 3.05) is 0 Å². The number of allylic oxidation sites excluding steroid dienone is 1. The van der Waals surface area contributed by atoms with Crippen LogP contribution in [0.1, 0.15) is 27.0 Å². The molecule has 3 aromatic carbocycles. The molecule has 3 nitrogen and oxygen atoms in total. The molecule has 0 atom stereocenters. The monoisotopic (exact) mass is 462 g/mol. The molecule has 30 heavy (non-hydrogen) atoms. The molecule has 0 aliphatic carbocycles. The molecule has 0 amide bonds. The molecule has 1 aliphatic rings. The second-order valence-electron chi connectivity index (χ2n) is 6.75. The summed E-state index contributed by atoms with van der Waals surface area (Å²) in [5, 5.41) is 1.10. The molecule has 0 spiro atoms. The van der Waals surface area contributed by atoms with E-state index in [1.807, 2.05) is 0 Å². The molecule has 1 aliphatic heterocycles. The number of hydrogen-bond acceptors (Lipinski definition) is 3. The van der Waals surface area contributed by atoms with Gasteiger partial charge in [0.1, 0.15) is 23.9 Å². The standard InChI is InChI=1S/C23H14Cl3FO3/c1-12-6-16(29-11-14-3-4-15(27)9-18(14)25)10-20-22(12)23(28)21(30-20)8-13-2-5-17(24)19(26)7-13/h2-10H,11H2,1H3/b21-8-. The number of aryl methyl sites for hydroxylation is 1. The van der Waals surface area contributed by atoms with Crippen molar-refractivity contribution in [1.29, 1.82) is 0 Å². The molecule has 0 radical (unpaired) electrons. The summed E-state index contributed by atoms with van der Waals surface area (Å²) in [6.07, 6.45) is 1.61. The van der Waals surface area contributed by atoms with Crippen LogP contribution in [0.4, 0.5) is 4.39 Å². The predicted molar refractivity (Wildman–Crippen MR) is 116 cm³/mol. The first-order valence-corrected chi connectivity index (χ1v) is 10.1. The van der Waals surface area contributed by atoms with Gasteiger partial charge < -0.3 is 9.47 Å². The summed E-state index contributed by atoms with van der Waals surface area (Å²) in [4.78, 5) is 12.8. The van der Waals surface area contributed by atoms with Crippen molar-refractivity contribution < 1.29 is 18.7 Å². The molecule has 0 bridgehead atoms. The first kappa shape index (κ1) is 20.7. The third-order valence-electron chi connectivity index (χ3n) is 4.59. The van der Waals surface area contributed by atoms with Gasteiger partial charge in [-0.05, 0) is 54.5 Å². The smallest absolute Gasteiger partial charge is 0.232 e. The summed E-state index contributed by atoms with van der Waals surface area (Å²) in [5.41, 5.74) is 2.54. The van der Waals surface area contributed by atoms with E-state index in [4.69, 9.17) is 44.3 Å². The van der Waals surface area contributed by atoms with E-state index in [1.54, 1.807) is 49.4 Å². The number of Topliss-reactive ketones (excluding diaryl/α,β-unsaturated/α-hetero) is 1. The Balaban J connectivity index is 1.57. The van der Waals surface area contributed by atoms with Crippen LogP contribution in [-0.4, -0.2) is 5.78 Å². The zero-order valence-electron chi connectivity index (χ0n) is 15.6. The van der Waals surface area contributed by atoms with E-state index in [0.717, 1.165) is 5.56 Å². The second kappa shape index (κ2) is 8.31. The Morgan fingerprint density at radius 1 is 1.00 bits per heavy atom. The molecule has 0 saturated heterocycles. The fraction of sp³-hybridized carbons (Fsp3) is 0.0870. The Bertz CT molecular complexity index is 1200. The Hall–Kier alpha value is -2.53. The van der Waals surface area contributed by atoms with Crippen LogP contribution in [-0.2, 0) is 6.61 Å². The molecule has 7 heteroatoms. The quantitative estimate of drug-likeness (QED) is 0.381. The van der Waals surface area contributed by atoms with Crippen LogP contribution in [0.2, 0.25) is 15.1 Å². The number of ketones is 1. The van der Waals surface area contributed by atoms with Gasteiger partial charge in [0.15, 0.2) is 5.76 Å². The zero-order chi connectivity index (χ0) is 21.4. The molecule has 4 rings (SSSR count). The van der Waals surface area contributed by atoms with Gasteiger partial charge in [0.2, 0.25) is 5.78 Å². The molecule has 0 unspecified atom stereocenters. The minimum absolute atomic E-state index is 0.150. The van der Waals surface area contributed by atoms with Crippen molar-refractivity contribution >= 4 is 46.7 Å². The molecule has 0 aromatic heterocycles. The molecule has 0 fully saturated rings. The van der Waals surface area contributed by atoms with Crippen molar-refractivity contribution in [1.82, 2.24) is 0 Å². The van der Waals surface area contributed by atoms with Gasteiger partial charge in [0.05, 0.1) is 20.6 Å². The number of hydrogen-bond donors (Lipinski definition) is 0. The van der Waals surface area contributed by atoms with Crippen LogP contribution >= 0.6 is 34.8 Å². The maximum absolute atomic E-state index is 13.2. The number of ether oxygens (including phenoxy) is 2. The summed E-state index contributed by atoms with van der Waals surface area (Å²) in [6.45, 7) is 1.96. The zero-order valence-corrected chi connectivity index (χ0v) is 17.9. The lowest BCUT2D eigenvalue weighted by atomic mass is 10.0. The topological polar surface area (TPSA) is 35.5 Å². The van der Waals surface area contributed by atoms with Gasteiger partial charge >= 0.3 is 0 Å². The van der Waals surface area contributed by atoms with E-state index in [2.05, 4.69) is 0 Å². The van der Waals surface area contributed by atoms with Gasteiger partial charge in [-0.25, -0.2) is 4.39 Å². The van der Waals surface area contributed by atoms with Crippen LogP contribution < -0.4 is 9.47 Å². The van der Waals surface area contributed by atoms with Gasteiger partial charge in [0, 0.05) is 11.6 Å². The highest BCUT2D eigenvalue weighted by Gasteiger charge is 2.30. The number of carbonyl (C=O) groups is 1. The SMILES string of the molecule is Cc1cc(OCc2ccc(F)cc2Cl)cc2c1C(=O)/C(=C/c1ccc(Cl)c(Cl)c1)O2. The Labute approximate surface area is 187 Å². The molecule has 152 valence electrons. The predicted octanol–water partition coefficient (Wildman–Crippen LogP) is 7.29. The molecule has 0 saturated carbocycles. The van der Waals surface area contributed by atoms with Crippen LogP contribution in [0.15, 0.2) is 54.3 Å². The molecule has 1 heterocycles. The summed E-state index contributed by atoms with van der Waals surface area (Å²) in [5.74, 6) is 0.471. The minimum atomic E-state index is -0.412. The van der Waals surface area contributed by atoms with Crippen LogP contribution in [0.25, 0.3) is 6.08 Å². The molecule has 0 N–H and O–H groups in total. The Kier molecular flexibility index (Phi) is 5.74. The lowest BCUT2D eigenvalue weighted by Gasteiger charge is -2.10. The number of fused-ring (bicyclic) bond motifs is 1. The fourth-order valence-corrected chi connectivity index (χ4v) is 3.64.